The Balaban J connectivity index is 2.65. The molecule has 0 fully saturated rings. The molecular weight excluding hydrogens is 230 g/mol. The fourth-order valence-electron chi connectivity index (χ4n) is 1.65. The first-order chi connectivity index (χ1) is 8.62. The van der Waals surface area contributed by atoms with Crippen molar-refractivity contribution in [2.45, 2.75) is 25.9 Å². The van der Waals surface area contributed by atoms with Crippen molar-refractivity contribution in [3.8, 4) is 0 Å². The van der Waals surface area contributed by atoms with Gasteiger partial charge in [0.25, 0.3) is 0 Å². The summed E-state index contributed by atoms with van der Waals surface area (Å²) in [5, 5.41) is 3.20. The van der Waals surface area contributed by atoms with Gasteiger partial charge in [-0.2, -0.15) is 0 Å². The zero-order valence-electron chi connectivity index (χ0n) is 11.2. The quantitative estimate of drug-likeness (QED) is 0.750. The molecule has 0 aliphatic carbocycles. The lowest BCUT2D eigenvalue weighted by molar-refractivity contribution is -0.152. The lowest BCUT2D eigenvalue weighted by Crippen LogP contribution is -2.53. The van der Waals surface area contributed by atoms with Gasteiger partial charge in [0.1, 0.15) is 5.54 Å². The van der Waals surface area contributed by atoms with Crippen molar-refractivity contribution in [1.82, 2.24) is 5.32 Å². The Morgan fingerprint density at radius 3 is 2.56 bits per heavy atom. The highest BCUT2D eigenvalue weighted by molar-refractivity contribution is 5.80. The monoisotopic (exact) mass is 251 g/mol. The van der Waals surface area contributed by atoms with E-state index in [1.807, 2.05) is 30.3 Å². The van der Waals surface area contributed by atoms with E-state index in [1.54, 1.807) is 21.0 Å². The van der Waals surface area contributed by atoms with Crippen LogP contribution in [0.5, 0.6) is 0 Å². The molecule has 1 rings (SSSR count). The Hall–Kier alpha value is -1.39. The van der Waals surface area contributed by atoms with E-state index < -0.39 is 5.54 Å². The molecule has 4 heteroatoms. The molecule has 0 saturated heterocycles. The average Bonchev–Trinajstić information content (AvgIpc) is 2.38. The summed E-state index contributed by atoms with van der Waals surface area (Å²) in [5.41, 5.74) is 0.296. The van der Waals surface area contributed by atoms with Crippen LogP contribution >= 0.6 is 0 Å². The molecule has 18 heavy (non-hydrogen) atoms. The Morgan fingerprint density at radius 2 is 2.00 bits per heavy atom. The van der Waals surface area contributed by atoms with E-state index in [4.69, 9.17) is 9.47 Å². The SMILES string of the molecule is CCOC(=O)C(C)(COC)NCc1ccccc1. The molecule has 1 aromatic carbocycles. The van der Waals surface area contributed by atoms with Crippen molar-refractivity contribution in [3.63, 3.8) is 0 Å². The molecule has 0 bridgehead atoms. The standard InChI is InChI=1S/C14H21NO3/c1-4-18-13(16)14(2,11-17-3)15-10-12-8-6-5-7-9-12/h5-9,15H,4,10-11H2,1-3H3. The van der Waals surface area contributed by atoms with Crippen molar-refractivity contribution in [2.75, 3.05) is 20.3 Å². The highest BCUT2D eigenvalue weighted by Gasteiger charge is 2.34. The Kier molecular flexibility index (Phi) is 5.82. The molecule has 0 amide bonds. The van der Waals surface area contributed by atoms with E-state index in [-0.39, 0.29) is 12.6 Å². The minimum atomic E-state index is -0.819. The van der Waals surface area contributed by atoms with Gasteiger partial charge in [0.15, 0.2) is 0 Å². The largest absolute Gasteiger partial charge is 0.465 e. The van der Waals surface area contributed by atoms with Crippen LogP contribution in [0.3, 0.4) is 0 Å². The number of methoxy groups -OCH3 is 1. The molecule has 1 atom stereocenters. The Labute approximate surface area is 108 Å². The van der Waals surface area contributed by atoms with Gasteiger partial charge < -0.3 is 9.47 Å². The molecule has 0 saturated carbocycles. The molecule has 1 aromatic rings. The number of benzene rings is 1. The average molecular weight is 251 g/mol. The number of carbonyl (C=O) groups is 1. The summed E-state index contributed by atoms with van der Waals surface area (Å²) in [4.78, 5) is 11.9. The highest BCUT2D eigenvalue weighted by Crippen LogP contribution is 2.09. The zero-order valence-corrected chi connectivity index (χ0v) is 11.2. The van der Waals surface area contributed by atoms with Crippen LogP contribution in [0.4, 0.5) is 0 Å². The summed E-state index contributed by atoms with van der Waals surface area (Å²) in [5.74, 6) is -0.289. The summed E-state index contributed by atoms with van der Waals surface area (Å²) < 4.78 is 10.2. The van der Waals surface area contributed by atoms with Gasteiger partial charge in [0.05, 0.1) is 13.2 Å². The molecule has 0 aliphatic heterocycles. The lowest BCUT2D eigenvalue weighted by atomic mass is 10.0. The van der Waals surface area contributed by atoms with Crippen LogP contribution in [0, 0.1) is 0 Å². The van der Waals surface area contributed by atoms with Gasteiger partial charge in [-0.1, -0.05) is 30.3 Å². The van der Waals surface area contributed by atoms with E-state index in [0.29, 0.717) is 13.2 Å². The summed E-state index contributed by atoms with van der Waals surface area (Å²) in [6.45, 7) is 4.82. The summed E-state index contributed by atoms with van der Waals surface area (Å²) in [6, 6.07) is 9.91. The maximum Gasteiger partial charge on any atom is 0.328 e. The van der Waals surface area contributed by atoms with Gasteiger partial charge in [-0.3, -0.25) is 5.32 Å². The van der Waals surface area contributed by atoms with Gasteiger partial charge in [-0.05, 0) is 19.4 Å². The van der Waals surface area contributed by atoms with E-state index in [0.717, 1.165) is 5.56 Å². The molecule has 0 aromatic heterocycles. The third-order valence-corrected chi connectivity index (χ3v) is 2.68. The van der Waals surface area contributed by atoms with Crippen molar-refractivity contribution in [1.29, 1.82) is 0 Å². The van der Waals surface area contributed by atoms with Crippen LogP contribution in [0.1, 0.15) is 19.4 Å². The molecule has 0 spiro atoms. The van der Waals surface area contributed by atoms with Gasteiger partial charge in [0.2, 0.25) is 0 Å². The molecule has 1 N–H and O–H groups in total. The summed E-state index contributed by atoms with van der Waals surface area (Å²) in [6.07, 6.45) is 0. The van der Waals surface area contributed by atoms with Gasteiger partial charge >= 0.3 is 5.97 Å². The fraction of sp³-hybridized carbons (Fsp3) is 0.500. The number of hydrogen-bond acceptors (Lipinski definition) is 4. The Morgan fingerprint density at radius 1 is 1.33 bits per heavy atom. The van der Waals surface area contributed by atoms with Crippen molar-refractivity contribution < 1.29 is 14.3 Å². The predicted molar refractivity (Wildman–Crippen MR) is 70.2 cm³/mol. The first-order valence-corrected chi connectivity index (χ1v) is 6.07. The second-order valence-corrected chi connectivity index (χ2v) is 4.32. The number of nitrogens with one attached hydrogen (secondary N) is 1. The molecular formula is C14H21NO3. The van der Waals surface area contributed by atoms with Gasteiger partial charge in [-0.25, -0.2) is 4.79 Å². The van der Waals surface area contributed by atoms with E-state index in [2.05, 4.69) is 5.32 Å². The van der Waals surface area contributed by atoms with E-state index in [1.165, 1.54) is 0 Å². The first-order valence-electron chi connectivity index (χ1n) is 6.07. The topological polar surface area (TPSA) is 47.6 Å². The second-order valence-electron chi connectivity index (χ2n) is 4.32. The van der Waals surface area contributed by atoms with Crippen LogP contribution in [0.2, 0.25) is 0 Å². The van der Waals surface area contributed by atoms with Crippen LogP contribution in [0.15, 0.2) is 30.3 Å². The van der Waals surface area contributed by atoms with Crippen LogP contribution in [0.25, 0.3) is 0 Å². The van der Waals surface area contributed by atoms with Gasteiger partial charge in [0, 0.05) is 13.7 Å². The predicted octanol–water partition coefficient (Wildman–Crippen LogP) is 1.74. The highest BCUT2D eigenvalue weighted by atomic mass is 16.5. The molecule has 0 radical (unpaired) electrons. The zero-order chi connectivity index (χ0) is 13.4. The number of hydrogen-bond donors (Lipinski definition) is 1. The van der Waals surface area contributed by atoms with Crippen LogP contribution in [-0.2, 0) is 20.8 Å². The number of carbonyl (C=O) groups excluding carboxylic acids is 1. The number of esters is 1. The van der Waals surface area contributed by atoms with Crippen LogP contribution in [-0.4, -0.2) is 31.8 Å². The first kappa shape index (κ1) is 14.7. The summed E-state index contributed by atoms with van der Waals surface area (Å²) in [7, 11) is 1.57. The molecule has 1 unspecified atom stereocenters. The van der Waals surface area contributed by atoms with Crippen LogP contribution < -0.4 is 5.32 Å². The third-order valence-electron chi connectivity index (χ3n) is 2.68. The molecule has 0 heterocycles. The molecule has 4 nitrogen and oxygen atoms in total. The van der Waals surface area contributed by atoms with E-state index >= 15 is 0 Å². The minimum absolute atomic E-state index is 0.276. The second kappa shape index (κ2) is 7.13. The maximum atomic E-state index is 11.9. The number of rotatable bonds is 7. The molecule has 100 valence electrons. The normalized spacial score (nSPS) is 13.9. The summed E-state index contributed by atoms with van der Waals surface area (Å²) >= 11 is 0. The van der Waals surface area contributed by atoms with Crippen molar-refractivity contribution in [3.05, 3.63) is 35.9 Å². The fourth-order valence-corrected chi connectivity index (χ4v) is 1.65. The molecule has 0 aliphatic rings. The minimum Gasteiger partial charge on any atom is -0.465 e. The maximum absolute atomic E-state index is 11.9. The van der Waals surface area contributed by atoms with Gasteiger partial charge in [-0.15, -0.1) is 0 Å². The number of ether oxygens (including phenoxy) is 2. The Bertz CT molecular complexity index is 367. The van der Waals surface area contributed by atoms with Crippen molar-refractivity contribution in [2.24, 2.45) is 0 Å². The lowest BCUT2D eigenvalue weighted by Gasteiger charge is -2.27. The van der Waals surface area contributed by atoms with E-state index in [9.17, 15) is 4.79 Å². The van der Waals surface area contributed by atoms with Crippen molar-refractivity contribution >= 4 is 5.97 Å². The smallest absolute Gasteiger partial charge is 0.328 e. The third kappa shape index (κ3) is 4.13.